The van der Waals surface area contributed by atoms with Gasteiger partial charge < -0.3 is 5.73 Å². The first-order chi connectivity index (χ1) is 7.27. The maximum Gasteiger partial charge on any atom is -0.00424 e. The number of hydrogen-bond donors (Lipinski definition) is 1. The van der Waals surface area contributed by atoms with Gasteiger partial charge in [-0.25, -0.2) is 0 Å². The van der Waals surface area contributed by atoms with E-state index in [-0.39, 0.29) is 0 Å². The van der Waals surface area contributed by atoms with E-state index in [0.717, 1.165) is 13.0 Å². The predicted octanol–water partition coefficient (Wildman–Crippen LogP) is 3.39. The highest BCUT2D eigenvalue weighted by Gasteiger charge is 1.95. The molecule has 1 nitrogen and oxygen atoms in total. The predicted molar refractivity (Wildman–Crippen MR) is 67.8 cm³/mol. The molecule has 1 aromatic carbocycles. The van der Waals surface area contributed by atoms with Crippen LogP contribution in [0.3, 0.4) is 0 Å². The second kappa shape index (κ2) is 6.41. The lowest BCUT2D eigenvalue weighted by Crippen LogP contribution is -1.96. The molecule has 0 heterocycles. The summed E-state index contributed by atoms with van der Waals surface area (Å²) in [4.78, 5) is 0. The first kappa shape index (κ1) is 12.0. The van der Waals surface area contributed by atoms with E-state index in [0.29, 0.717) is 0 Å². The fourth-order valence-corrected chi connectivity index (χ4v) is 1.64. The Morgan fingerprint density at radius 1 is 1.27 bits per heavy atom. The molecule has 0 amide bonds. The van der Waals surface area contributed by atoms with Gasteiger partial charge in [0.05, 0.1) is 0 Å². The Morgan fingerprint density at radius 2 is 1.93 bits per heavy atom. The summed E-state index contributed by atoms with van der Waals surface area (Å²) in [5.74, 6) is 0. The fraction of sp³-hybridized carbons (Fsp3) is 0.429. The van der Waals surface area contributed by atoms with E-state index in [1.807, 2.05) is 0 Å². The molecular weight excluding hydrogens is 182 g/mol. The van der Waals surface area contributed by atoms with Gasteiger partial charge in [-0.1, -0.05) is 43.7 Å². The first-order valence-electron chi connectivity index (χ1n) is 5.74. The van der Waals surface area contributed by atoms with Gasteiger partial charge in [-0.3, -0.25) is 0 Å². The molecule has 82 valence electrons. The van der Waals surface area contributed by atoms with Gasteiger partial charge >= 0.3 is 0 Å². The smallest absolute Gasteiger partial charge is 0.00424 e. The summed E-state index contributed by atoms with van der Waals surface area (Å²) < 4.78 is 0. The van der Waals surface area contributed by atoms with E-state index < -0.39 is 0 Å². The minimum atomic E-state index is 0.727. The topological polar surface area (TPSA) is 26.0 Å². The monoisotopic (exact) mass is 203 g/mol. The molecule has 0 aliphatic rings. The van der Waals surface area contributed by atoms with Crippen molar-refractivity contribution in [2.24, 2.45) is 5.73 Å². The summed E-state index contributed by atoms with van der Waals surface area (Å²) in [6.07, 6.45) is 5.55. The van der Waals surface area contributed by atoms with Gasteiger partial charge in [0, 0.05) is 0 Å². The molecule has 1 heteroatoms. The number of rotatable bonds is 5. The Labute approximate surface area is 93.0 Å². The Morgan fingerprint density at radius 3 is 2.47 bits per heavy atom. The minimum absolute atomic E-state index is 0.727. The minimum Gasteiger partial charge on any atom is -0.330 e. The van der Waals surface area contributed by atoms with E-state index in [9.17, 15) is 0 Å². The van der Waals surface area contributed by atoms with Crippen LogP contribution < -0.4 is 5.73 Å². The summed E-state index contributed by atoms with van der Waals surface area (Å²) >= 11 is 0. The van der Waals surface area contributed by atoms with Crippen molar-refractivity contribution >= 4 is 5.57 Å². The third-order valence-electron chi connectivity index (χ3n) is 2.57. The Hall–Kier alpha value is -1.08. The average molecular weight is 203 g/mol. The second-order valence-electron chi connectivity index (χ2n) is 3.91. The van der Waals surface area contributed by atoms with Crippen LogP contribution in [0.5, 0.6) is 0 Å². The van der Waals surface area contributed by atoms with Crippen molar-refractivity contribution in [3.63, 3.8) is 0 Å². The molecule has 0 spiro atoms. The van der Waals surface area contributed by atoms with Crippen LogP contribution in [-0.2, 0) is 6.42 Å². The van der Waals surface area contributed by atoms with Crippen LogP contribution in [0.2, 0.25) is 0 Å². The maximum atomic E-state index is 5.47. The Balaban J connectivity index is 2.70. The Kier molecular flexibility index (Phi) is 5.13. The Bertz CT molecular complexity index is 309. The van der Waals surface area contributed by atoms with Crippen LogP contribution in [0.1, 0.15) is 37.8 Å². The third kappa shape index (κ3) is 3.88. The highest BCUT2D eigenvalue weighted by molar-refractivity contribution is 5.63. The molecule has 0 unspecified atom stereocenters. The molecule has 2 N–H and O–H groups in total. The van der Waals surface area contributed by atoms with Gasteiger partial charge in [0.1, 0.15) is 0 Å². The van der Waals surface area contributed by atoms with Crippen LogP contribution in [0.4, 0.5) is 0 Å². The van der Waals surface area contributed by atoms with Crippen molar-refractivity contribution in [3.05, 3.63) is 41.5 Å². The maximum absolute atomic E-state index is 5.47. The zero-order valence-electron chi connectivity index (χ0n) is 9.79. The van der Waals surface area contributed by atoms with Crippen LogP contribution in [0.25, 0.3) is 5.57 Å². The molecule has 0 radical (unpaired) electrons. The highest BCUT2D eigenvalue weighted by atomic mass is 14.5. The quantitative estimate of drug-likeness (QED) is 0.780. The van der Waals surface area contributed by atoms with E-state index in [4.69, 9.17) is 5.73 Å². The van der Waals surface area contributed by atoms with Gasteiger partial charge in [-0.05, 0) is 43.0 Å². The lowest BCUT2D eigenvalue weighted by Gasteiger charge is -2.03. The van der Waals surface area contributed by atoms with E-state index in [2.05, 4.69) is 44.2 Å². The molecule has 0 bridgehead atoms. The third-order valence-corrected chi connectivity index (χ3v) is 2.57. The summed E-state index contributed by atoms with van der Waals surface area (Å²) in [5.41, 5.74) is 9.53. The zero-order chi connectivity index (χ0) is 11.1. The molecule has 0 fully saturated rings. The number of allylic oxidation sites excluding steroid dienone is 1. The normalized spacial score (nSPS) is 11.8. The van der Waals surface area contributed by atoms with E-state index in [1.165, 1.54) is 29.5 Å². The molecule has 0 aromatic heterocycles. The number of hydrogen-bond acceptors (Lipinski definition) is 1. The van der Waals surface area contributed by atoms with Crippen molar-refractivity contribution in [3.8, 4) is 0 Å². The van der Waals surface area contributed by atoms with Crippen molar-refractivity contribution in [2.75, 3.05) is 6.54 Å². The molecule has 0 saturated heterocycles. The standard InChI is InChI=1S/C14H21N/c1-3-5-13-7-9-14(10-8-13)12(2)6-4-11-15/h6-10H,3-5,11,15H2,1-2H3/b12-6+. The molecule has 1 rings (SSSR count). The van der Waals surface area contributed by atoms with Crippen LogP contribution >= 0.6 is 0 Å². The highest BCUT2D eigenvalue weighted by Crippen LogP contribution is 2.15. The zero-order valence-corrected chi connectivity index (χ0v) is 9.79. The van der Waals surface area contributed by atoms with Gasteiger partial charge in [0.25, 0.3) is 0 Å². The van der Waals surface area contributed by atoms with Crippen molar-refractivity contribution in [1.29, 1.82) is 0 Å². The van der Waals surface area contributed by atoms with Crippen LogP contribution in [0, 0.1) is 0 Å². The largest absolute Gasteiger partial charge is 0.330 e. The van der Waals surface area contributed by atoms with Crippen molar-refractivity contribution in [1.82, 2.24) is 0 Å². The van der Waals surface area contributed by atoms with Crippen LogP contribution in [0.15, 0.2) is 30.3 Å². The fourth-order valence-electron chi connectivity index (χ4n) is 1.64. The molecule has 0 aliphatic heterocycles. The number of benzene rings is 1. The van der Waals surface area contributed by atoms with Gasteiger partial charge in [0.2, 0.25) is 0 Å². The number of aryl methyl sites for hydroxylation is 1. The number of nitrogens with two attached hydrogens (primary N) is 1. The molecule has 0 saturated carbocycles. The molecule has 15 heavy (non-hydrogen) atoms. The van der Waals surface area contributed by atoms with Gasteiger partial charge in [0.15, 0.2) is 0 Å². The molecule has 1 aromatic rings. The van der Waals surface area contributed by atoms with Gasteiger partial charge in [-0.15, -0.1) is 0 Å². The summed E-state index contributed by atoms with van der Waals surface area (Å²) in [6, 6.07) is 8.85. The first-order valence-corrected chi connectivity index (χ1v) is 5.74. The van der Waals surface area contributed by atoms with Crippen molar-refractivity contribution < 1.29 is 0 Å². The summed E-state index contributed by atoms with van der Waals surface area (Å²) in [7, 11) is 0. The molecule has 0 aliphatic carbocycles. The summed E-state index contributed by atoms with van der Waals surface area (Å²) in [5, 5.41) is 0. The lowest BCUT2D eigenvalue weighted by molar-refractivity contribution is 0.921. The van der Waals surface area contributed by atoms with Crippen molar-refractivity contribution in [2.45, 2.75) is 33.1 Å². The van der Waals surface area contributed by atoms with Gasteiger partial charge in [-0.2, -0.15) is 0 Å². The molecular formula is C14H21N. The van der Waals surface area contributed by atoms with E-state index in [1.54, 1.807) is 0 Å². The molecule has 0 atom stereocenters. The SMILES string of the molecule is CCCc1ccc(/C(C)=C/CCN)cc1. The van der Waals surface area contributed by atoms with Crippen LogP contribution in [-0.4, -0.2) is 6.54 Å². The van der Waals surface area contributed by atoms with E-state index >= 15 is 0 Å². The lowest BCUT2D eigenvalue weighted by atomic mass is 10.0. The second-order valence-corrected chi connectivity index (χ2v) is 3.91. The summed E-state index contributed by atoms with van der Waals surface area (Å²) in [6.45, 7) is 5.08. The average Bonchev–Trinajstić information content (AvgIpc) is 2.27.